The minimum Gasteiger partial charge on any atom is -0.494 e. The molecular weight excluding hydrogens is 440 g/mol. The quantitative estimate of drug-likeness (QED) is 0.623. The predicted octanol–water partition coefficient (Wildman–Crippen LogP) is 2.29. The molecule has 1 amide bonds. The number of ether oxygens (including phenoxy) is 1. The fourth-order valence-corrected chi connectivity index (χ4v) is 5.34. The van der Waals surface area contributed by atoms with E-state index in [4.69, 9.17) is 4.74 Å². The van der Waals surface area contributed by atoms with E-state index in [1.807, 2.05) is 6.92 Å². The highest BCUT2D eigenvalue weighted by Gasteiger charge is 2.32. The Balaban J connectivity index is 1.97. The first-order chi connectivity index (χ1) is 14.5. The number of benzene rings is 2. The van der Waals surface area contributed by atoms with E-state index in [1.165, 1.54) is 49.3 Å². The smallest absolute Gasteiger partial charge is 0.258 e. The Morgan fingerprint density at radius 3 is 2.16 bits per heavy atom. The molecular formula is C21H24N2O6S2. The minimum absolute atomic E-state index is 0.0602. The van der Waals surface area contributed by atoms with Crippen LogP contribution in [0.2, 0.25) is 0 Å². The van der Waals surface area contributed by atoms with E-state index in [0.29, 0.717) is 18.0 Å². The van der Waals surface area contributed by atoms with Crippen LogP contribution in [0.15, 0.2) is 64.9 Å². The van der Waals surface area contributed by atoms with Crippen molar-refractivity contribution in [3.05, 3.63) is 65.6 Å². The molecule has 1 atom stereocenters. The van der Waals surface area contributed by atoms with Gasteiger partial charge in [-0.05, 0) is 61.5 Å². The average Bonchev–Trinajstić information content (AvgIpc) is 3.08. The standard InChI is InChI=1S/C21H24N2O6S2/c1-4-29-19-9-7-17(8-10-19)23(18-13-14-30(25,26)15-18)21(24)16-5-11-20(12-6-16)31(27,28)22(2)3/h5-14,18H,4,15H2,1-3H3. The summed E-state index contributed by atoms with van der Waals surface area (Å²) in [6.07, 6.45) is 1.48. The lowest BCUT2D eigenvalue weighted by molar-refractivity contribution is 0.0983. The Labute approximate surface area is 182 Å². The second-order valence-electron chi connectivity index (χ2n) is 7.14. The molecule has 0 saturated carbocycles. The highest BCUT2D eigenvalue weighted by atomic mass is 32.2. The summed E-state index contributed by atoms with van der Waals surface area (Å²) in [7, 11) is -4.18. The largest absolute Gasteiger partial charge is 0.494 e. The Bertz CT molecular complexity index is 1190. The van der Waals surface area contributed by atoms with E-state index in [2.05, 4.69) is 0 Å². The van der Waals surface area contributed by atoms with Crippen LogP contribution in [-0.4, -0.2) is 59.5 Å². The molecule has 0 N–H and O–H groups in total. The molecule has 166 valence electrons. The van der Waals surface area contributed by atoms with Gasteiger partial charge in [-0.2, -0.15) is 0 Å². The highest BCUT2D eigenvalue weighted by Crippen LogP contribution is 2.27. The van der Waals surface area contributed by atoms with E-state index in [9.17, 15) is 21.6 Å². The topological polar surface area (TPSA) is 101 Å². The molecule has 8 nitrogen and oxygen atoms in total. The number of sulfonamides is 1. The van der Waals surface area contributed by atoms with Gasteiger partial charge >= 0.3 is 0 Å². The summed E-state index contributed by atoms with van der Waals surface area (Å²) in [4.78, 5) is 14.8. The molecule has 10 heteroatoms. The van der Waals surface area contributed by atoms with Gasteiger partial charge in [0.05, 0.1) is 23.3 Å². The summed E-state index contributed by atoms with van der Waals surface area (Å²) in [5, 5.41) is 1.11. The Morgan fingerprint density at radius 2 is 1.68 bits per heavy atom. The maximum atomic E-state index is 13.4. The zero-order valence-corrected chi connectivity index (χ0v) is 19.1. The first kappa shape index (κ1) is 23.0. The number of rotatable bonds is 7. The van der Waals surface area contributed by atoms with E-state index < -0.39 is 31.8 Å². The molecule has 31 heavy (non-hydrogen) atoms. The lowest BCUT2D eigenvalue weighted by atomic mass is 10.1. The van der Waals surface area contributed by atoms with Gasteiger partial charge in [0.15, 0.2) is 9.84 Å². The molecule has 0 saturated heterocycles. The van der Waals surface area contributed by atoms with Crippen LogP contribution >= 0.6 is 0 Å². The summed E-state index contributed by atoms with van der Waals surface area (Å²) in [5.41, 5.74) is 0.745. The van der Waals surface area contributed by atoms with Crippen molar-refractivity contribution >= 4 is 31.5 Å². The summed E-state index contributed by atoms with van der Waals surface area (Å²) in [5.74, 6) is -0.0323. The van der Waals surface area contributed by atoms with Gasteiger partial charge in [-0.3, -0.25) is 4.79 Å². The molecule has 0 bridgehead atoms. The minimum atomic E-state index is -3.63. The van der Waals surface area contributed by atoms with Crippen LogP contribution in [0.25, 0.3) is 0 Å². The van der Waals surface area contributed by atoms with Crippen LogP contribution in [0.3, 0.4) is 0 Å². The van der Waals surface area contributed by atoms with Crippen LogP contribution in [-0.2, 0) is 19.9 Å². The molecule has 1 heterocycles. The first-order valence-corrected chi connectivity index (χ1v) is 12.7. The van der Waals surface area contributed by atoms with Gasteiger partial charge in [-0.1, -0.05) is 0 Å². The maximum absolute atomic E-state index is 13.4. The fraction of sp³-hybridized carbons (Fsp3) is 0.286. The average molecular weight is 465 g/mol. The number of carbonyl (C=O) groups excluding carboxylic acids is 1. The maximum Gasteiger partial charge on any atom is 0.258 e. The van der Waals surface area contributed by atoms with E-state index in [1.54, 1.807) is 24.3 Å². The van der Waals surface area contributed by atoms with Crippen molar-refractivity contribution in [2.24, 2.45) is 0 Å². The molecule has 2 aromatic rings. The lowest BCUT2D eigenvalue weighted by Crippen LogP contribution is -2.41. The molecule has 0 aromatic heterocycles. The normalized spacial score (nSPS) is 17.6. The van der Waals surface area contributed by atoms with Crippen molar-refractivity contribution in [2.75, 3.05) is 31.4 Å². The van der Waals surface area contributed by atoms with Crippen molar-refractivity contribution in [2.45, 2.75) is 17.9 Å². The molecule has 1 unspecified atom stereocenters. The molecule has 3 rings (SSSR count). The third kappa shape index (κ3) is 4.97. The number of nitrogens with zero attached hydrogens (tertiary/aromatic N) is 2. The number of amides is 1. The SMILES string of the molecule is CCOc1ccc(N(C(=O)c2ccc(S(=O)(=O)N(C)C)cc2)C2C=CS(=O)(=O)C2)cc1. The van der Waals surface area contributed by atoms with Gasteiger partial charge in [0.25, 0.3) is 5.91 Å². The Morgan fingerprint density at radius 1 is 1.06 bits per heavy atom. The second-order valence-corrected chi connectivity index (χ2v) is 11.2. The van der Waals surface area contributed by atoms with Gasteiger partial charge < -0.3 is 9.64 Å². The number of carbonyl (C=O) groups is 1. The molecule has 0 radical (unpaired) electrons. The van der Waals surface area contributed by atoms with Gasteiger partial charge in [-0.15, -0.1) is 0 Å². The number of sulfone groups is 1. The van der Waals surface area contributed by atoms with Crippen molar-refractivity contribution in [1.29, 1.82) is 0 Å². The highest BCUT2D eigenvalue weighted by molar-refractivity contribution is 7.94. The third-order valence-electron chi connectivity index (χ3n) is 4.77. The monoisotopic (exact) mass is 464 g/mol. The van der Waals surface area contributed by atoms with Gasteiger partial charge in [-0.25, -0.2) is 21.1 Å². The molecule has 1 aliphatic rings. The van der Waals surface area contributed by atoms with E-state index >= 15 is 0 Å². The summed E-state index contributed by atoms with van der Waals surface area (Å²) >= 11 is 0. The lowest BCUT2D eigenvalue weighted by Gasteiger charge is -2.28. The summed E-state index contributed by atoms with van der Waals surface area (Å²) in [6, 6.07) is 11.7. The van der Waals surface area contributed by atoms with Gasteiger partial charge in [0, 0.05) is 30.8 Å². The first-order valence-electron chi connectivity index (χ1n) is 9.55. The zero-order valence-electron chi connectivity index (χ0n) is 17.4. The van der Waals surface area contributed by atoms with Crippen LogP contribution in [0.4, 0.5) is 5.69 Å². The number of hydrogen-bond acceptors (Lipinski definition) is 6. The summed E-state index contributed by atoms with van der Waals surface area (Å²) in [6.45, 7) is 2.35. The van der Waals surface area contributed by atoms with Gasteiger partial charge in [0.2, 0.25) is 10.0 Å². The molecule has 1 aliphatic heterocycles. The number of hydrogen-bond donors (Lipinski definition) is 0. The van der Waals surface area contributed by atoms with Crippen molar-refractivity contribution in [1.82, 2.24) is 4.31 Å². The van der Waals surface area contributed by atoms with Crippen molar-refractivity contribution < 1.29 is 26.4 Å². The van der Waals surface area contributed by atoms with E-state index in [-0.39, 0.29) is 16.2 Å². The summed E-state index contributed by atoms with van der Waals surface area (Å²) < 4.78 is 55.0. The van der Waals surface area contributed by atoms with Crippen molar-refractivity contribution in [3.8, 4) is 5.75 Å². The van der Waals surface area contributed by atoms with Gasteiger partial charge in [0.1, 0.15) is 5.75 Å². The molecule has 2 aromatic carbocycles. The Kier molecular flexibility index (Phi) is 6.54. The molecule has 0 fully saturated rings. The third-order valence-corrected chi connectivity index (χ3v) is 7.97. The second kappa shape index (κ2) is 8.81. The van der Waals surface area contributed by atoms with Crippen LogP contribution in [0.1, 0.15) is 17.3 Å². The zero-order chi connectivity index (χ0) is 22.8. The van der Waals surface area contributed by atoms with Crippen molar-refractivity contribution in [3.63, 3.8) is 0 Å². The van der Waals surface area contributed by atoms with E-state index in [0.717, 1.165) is 9.71 Å². The predicted molar refractivity (Wildman–Crippen MR) is 118 cm³/mol. The fourth-order valence-electron chi connectivity index (χ4n) is 3.17. The Hall–Kier alpha value is -2.69. The van der Waals surface area contributed by atoms with Crippen LogP contribution in [0, 0.1) is 0 Å². The number of anilines is 1. The van der Waals surface area contributed by atoms with Crippen LogP contribution < -0.4 is 9.64 Å². The molecule has 0 aliphatic carbocycles. The molecule has 0 spiro atoms. The van der Waals surface area contributed by atoms with Crippen LogP contribution in [0.5, 0.6) is 5.75 Å².